The van der Waals surface area contributed by atoms with E-state index < -0.39 is 10.0 Å². The SMILES string of the molecule is CCOc1ccccc1CCCNC(=O)c1ccc(N(C)S(=O)(=O)c2ccc(OC)cc2)cc1. The molecule has 3 aromatic carbocycles. The molecule has 0 spiro atoms. The molecule has 0 aliphatic rings. The first-order chi connectivity index (χ1) is 16.4. The van der Waals surface area contributed by atoms with E-state index in [0.717, 1.165) is 24.2 Å². The molecule has 0 radical (unpaired) electrons. The van der Waals surface area contributed by atoms with Gasteiger partial charge in [0.15, 0.2) is 0 Å². The lowest BCUT2D eigenvalue weighted by atomic mass is 10.1. The molecule has 0 saturated heterocycles. The van der Waals surface area contributed by atoms with E-state index in [9.17, 15) is 13.2 Å². The topological polar surface area (TPSA) is 84.9 Å². The van der Waals surface area contributed by atoms with E-state index in [1.54, 1.807) is 36.4 Å². The predicted octanol–water partition coefficient (Wildman–Crippen LogP) is 4.28. The molecule has 1 N–H and O–H groups in total. The quantitative estimate of drug-likeness (QED) is 0.412. The largest absolute Gasteiger partial charge is 0.497 e. The standard InChI is InChI=1S/C26H30N2O5S/c1-4-33-25-10-6-5-8-20(25)9-7-19-27-26(29)21-11-13-22(14-12-21)28(2)34(30,31)24-17-15-23(32-3)16-18-24/h5-6,8,10-18H,4,7,9,19H2,1-3H3,(H,27,29). The zero-order chi connectivity index (χ0) is 24.6. The smallest absolute Gasteiger partial charge is 0.264 e. The van der Waals surface area contributed by atoms with E-state index in [1.807, 2.05) is 31.2 Å². The molecule has 180 valence electrons. The van der Waals surface area contributed by atoms with Crippen molar-refractivity contribution in [1.82, 2.24) is 5.32 Å². The van der Waals surface area contributed by atoms with Crippen LogP contribution in [0.5, 0.6) is 11.5 Å². The zero-order valence-electron chi connectivity index (χ0n) is 19.7. The molecule has 0 unspecified atom stereocenters. The second kappa shape index (κ2) is 11.6. The van der Waals surface area contributed by atoms with Crippen molar-refractivity contribution < 1.29 is 22.7 Å². The van der Waals surface area contributed by atoms with Gasteiger partial charge in [-0.25, -0.2) is 8.42 Å². The highest BCUT2D eigenvalue weighted by Crippen LogP contribution is 2.24. The number of nitrogens with one attached hydrogen (secondary N) is 1. The third-order valence-corrected chi connectivity index (χ3v) is 7.19. The Hall–Kier alpha value is -3.52. The minimum absolute atomic E-state index is 0.156. The normalized spacial score (nSPS) is 11.0. The van der Waals surface area contributed by atoms with E-state index in [0.29, 0.717) is 30.2 Å². The highest BCUT2D eigenvalue weighted by atomic mass is 32.2. The van der Waals surface area contributed by atoms with Gasteiger partial charge in [0.2, 0.25) is 0 Å². The van der Waals surface area contributed by atoms with Crippen molar-refractivity contribution in [3.8, 4) is 11.5 Å². The summed E-state index contributed by atoms with van der Waals surface area (Å²) in [6.45, 7) is 3.08. The number of methoxy groups -OCH3 is 1. The van der Waals surface area contributed by atoms with E-state index in [2.05, 4.69) is 5.32 Å². The molecule has 34 heavy (non-hydrogen) atoms. The fraction of sp³-hybridized carbons (Fsp3) is 0.269. The van der Waals surface area contributed by atoms with Gasteiger partial charge in [-0.3, -0.25) is 9.10 Å². The van der Waals surface area contributed by atoms with Gasteiger partial charge in [-0.2, -0.15) is 0 Å². The van der Waals surface area contributed by atoms with E-state index >= 15 is 0 Å². The summed E-state index contributed by atoms with van der Waals surface area (Å²) < 4.78 is 37.7. The average Bonchev–Trinajstić information content (AvgIpc) is 2.87. The molecule has 0 atom stereocenters. The Balaban J connectivity index is 1.56. The van der Waals surface area contributed by atoms with Crippen LogP contribution in [0.3, 0.4) is 0 Å². The van der Waals surface area contributed by atoms with Crippen molar-refractivity contribution in [3.05, 3.63) is 83.9 Å². The fourth-order valence-corrected chi connectivity index (χ4v) is 4.65. The van der Waals surface area contributed by atoms with Crippen LogP contribution in [0.4, 0.5) is 5.69 Å². The van der Waals surface area contributed by atoms with Crippen molar-refractivity contribution in [1.29, 1.82) is 0 Å². The first-order valence-electron chi connectivity index (χ1n) is 11.1. The number of rotatable bonds is 11. The van der Waals surface area contributed by atoms with Crippen LogP contribution >= 0.6 is 0 Å². The lowest BCUT2D eigenvalue weighted by molar-refractivity contribution is 0.0953. The summed E-state index contributed by atoms with van der Waals surface area (Å²) in [5.74, 6) is 1.25. The van der Waals surface area contributed by atoms with Crippen LogP contribution in [0.2, 0.25) is 0 Å². The summed E-state index contributed by atoms with van der Waals surface area (Å²) in [5.41, 5.74) is 2.04. The van der Waals surface area contributed by atoms with Crippen LogP contribution in [-0.4, -0.2) is 41.6 Å². The fourth-order valence-electron chi connectivity index (χ4n) is 3.46. The van der Waals surface area contributed by atoms with Gasteiger partial charge < -0.3 is 14.8 Å². The van der Waals surface area contributed by atoms with Crippen LogP contribution in [0.15, 0.2) is 77.7 Å². The molecule has 0 bridgehead atoms. The number of hydrogen-bond acceptors (Lipinski definition) is 5. The summed E-state index contributed by atoms with van der Waals surface area (Å²) >= 11 is 0. The van der Waals surface area contributed by atoms with Gasteiger partial charge in [0.05, 0.1) is 24.3 Å². The third kappa shape index (κ3) is 6.08. The molecular weight excluding hydrogens is 452 g/mol. The number of amides is 1. The van der Waals surface area contributed by atoms with Gasteiger partial charge in [0.25, 0.3) is 15.9 Å². The molecule has 0 saturated carbocycles. The number of carbonyl (C=O) groups is 1. The number of sulfonamides is 1. The number of carbonyl (C=O) groups excluding carboxylic acids is 1. The molecule has 1 amide bonds. The van der Waals surface area contributed by atoms with Crippen molar-refractivity contribution in [2.75, 3.05) is 31.6 Å². The summed E-state index contributed by atoms with van der Waals surface area (Å²) in [7, 11) is -0.731. The average molecular weight is 483 g/mol. The van der Waals surface area contributed by atoms with Crippen LogP contribution in [0.1, 0.15) is 29.3 Å². The van der Waals surface area contributed by atoms with Gasteiger partial charge in [-0.05, 0) is 79.9 Å². The molecular formula is C26H30N2O5S. The summed E-state index contributed by atoms with van der Waals surface area (Å²) in [6, 6.07) is 20.6. The Morgan fingerprint density at radius 3 is 2.29 bits per heavy atom. The first-order valence-corrected chi connectivity index (χ1v) is 12.5. The molecule has 0 heterocycles. The van der Waals surface area contributed by atoms with Crippen molar-refractivity contribution in [2.45, 2.75) is 24.7 Å². The summed E-state index contributed by atoms with van der Waals surface area (Å²) in [4.78, 5) is 12.7. The van der Waals surface area contributed by atoms with Gasteiger partial charge in [-0.1, -0.05) is 18.2 Å². The van der Waals surface area contributed by atoms with Gasteiger partial charge in [-0.15, -0.1) is 0 Å². The van der Waals surface area contributed by atoms with Gasteiger partial charge in [0.1, 0.15) is 11.5 Å². The Morgan fingerprint density at radius 1 is 0.971 bits per heavy atom. The van der Waals surface area contributed by atoms with E-state index in [4.69, 9.17) is 9.47 Å². The Labute approximate surface area is 201 Å². The number of nitrogens with zero attached hydrogens (tertiary/aromatic N) is 1. The van der Waals surface area contributed by atoms with Crippen LogP contribution < -0.4 is 19.1 Å². The summed E-state index contributed by atoms with van der Waals surface area (Å²) in [6.07, 6.45) is 1.57. The minimum atomic E-state index is -3.73. The third-order valence-electron chi connectivity index (χ3n) is 5.39. The van der Waals surface area contributed by atoms with Crippen molar-refractivity contribution in [3.63, 3.8) is 0 Å². The highest BCUT2D eigenvalue weighted by molar-refractivity contribution is 7.92. The monoisotopic (exact) mass is 482 g/mol. The number of benzene rings is 3. The zero-order valence-corrected chi connectivity index (χ0v) is 20.5. The highest BCUT2D eigenvalue weighted by Gasteiger charge is 2.21. The molecule has 0 aromatic heterocycles. The number of hydrogen-bond donors (Lipinski definition) is 1. The first kappa shape index (κ1) is 25.1. The second-order valence-corrected chi connectivity index (χ2v) is 9.56. The minimum Gasteiger partial charge on any atom is -0.497 e. The van der Waals surface area contributed by atoms with Gasteiger partial charge in [0, 0.05) is 19.2 Å². The summed E-state index contributed by atoms with van der Waals surface area (Å²) in [5, 5.41) is 2.91. The Bertz CT molecular complexity index is 1190. The van der Waals surface area contributed by atoms with Crippen molar-refractivity contribution >= 4 is 21.6 Å². The van der Waals surface area contributed by atoms with Crippen LogP contribution in [0.25, 0.3) is 0 Å². The number of aryl methyl sites for hydroxylation is 1. The molecule has 8 heteroatoms. The Morgan fingerprint density at radius 2 is 1.65 bits per heavy atom. The molecule has 3 rings (SSSR count). The maximum Gasteiger partial charge on any atom is 0.264 e. The number of anilines is 1. The predicted molar refractivity (Wildman–Crippen MR) is 133 cm³/mol. The van der Waals surface area contributed by atoms with Crippen LogP contribution in [-0.2, 0) is 16.4 Å². The molecule has 0 fully saturated rings. The molecule has 0 aliphatic heterocycles. The number of para-hydroxylation sites is 1. The lowest BCUT2D eigenvalue weighted by Gasteiger charge is -2.20. The Kier molecular flexibility index (Phi) is 8.54. The molecule has 7 nitrogen and oxygen atoms in total. The maximum atomic E-state index is 12.9. The second-order valence-electron chi connectivity index (χ2n) is 7.60. The number of ether oxygens (including phenoxy) is 2. The van der Waals surface area contributed by atoms with E-state index in [-0.39, 0.29) is 10.8 Å². The van der Waals surface area contributed by atoms with Gasteiger partial charge >= 0.3 is 0 Å². The maximum absolute atomic E-state index is 12.9. The van der Waals surface area contributed by atoms with E-state index in [1.165, 1.54) is 30.6 Å². The molecule has 0 aliphatic carbocycles. The van der Waals surface area contributed by atoms with Crippen molar-refractivity contribution in [2.24, 2.45) is 0 Å². The lowest BCUT2D eigenvalue weighted by Crippen LogP contribution is -2.27. The van der Waals surface area contributed by atoms with Crippen LogP contribution in [0, 0.1) is 0 Å². The molecule has 3 aromatic rings.